The summed E-state index contributed by atoms with van der Waals surface area (Å²) >= 11 is 1.36. The Balaban J connectivity index is 1.95. The third kappa shape index (κ3) is 2.30. The van der Waals surface area contributed by atoms with Crippen molar-refractivity contribution in [2.45, 2.75) is 6.92 Å². The Morgan fingerprint density at radius 1 is 1.30 bits per heavy atom. The predicted molar refractivity (Wildman–Crippen MR) is 78.8 cm³/mol. The molecule has 2 heterocycles. The van der Waals surface area contributed by atoms with Gasteiger partial charge in [0.25, 0.3) is 5.91 Å². The molecule has 0 unspecified atom stereocenters. The summed E-state index contributed by atoms with van der Waals surface area (Å²) in [7, 11) is 0. The molecule has 0 atom stereocenters. The summed E-state index contributed by atoms with van der Waals surface area (Å²) in [6.07, 6.45) is 3.14. The van der Waals surface area contributed by atoms with E-state index in [0.717, 1.165) is 15.8 Å². The summed E-state index contributed by atoms with van der Waals surface area (Å²) < 4.78 is 0.890. The second kappa shape index (κ2) is 4.86. The van der Waals surface area contributed by atoms with Gasteiger partial charge in [-0.1, -0.05) is 11.3 Å². The van der Waals surface area contributed by atoms with Crippen molar-refractivity contribution in [1.82, 2.24) is 15.0 Å². The molecule has 20 heavy (non-hydrogen) atoms. The molecular weight excluding hydrogens is 274 g/mol. The van der Waals surface area contributed by atoms with Gasteiger partial charge in [0.2, 0.25) is 5.95 Å². The van der Waals surface area contributed by atoms with Crippen LogP contribution in [0.5, 0.6) is 0 Å². The van der Waals surface area contributed by atoms with Gasteiger partial charge in [0.05, 0.1) is 10.2 Å². The van der Waals surface area contributed by atoms with Crippen molar-refractivity contribution >= 4 is 38.5 Å². The SMILES string of the molecule is Cc1cc(C(=O)Nc2ncccn2)cc2sc(N)nc12. The summed E-state index contributed by atoms with van der Waals surface area (Å²) in [6.45, 7) is 1.90. The summed E-state index contributed by atoms with van der Waals surface area (Å²) in [6, 6.07) is 5.24. The van der Waals surface area contributed by atoms with Gasteiger partial charge in [0.1, 0.15) is 0 Å². The van der Waals surface area contributed by atoms with Crippen molar-refractivity contribution in [2.24, 2.45) is 0 Å². The van der Waals surface area contributed by atoms with Crippen molar-refractivity contribution < 1.29 is 4.79 Å². The molecule has 1 amide bonds. The van der Waals surface area contributed by atoms with Crippen molar-refractivity contribution in [1.29, 1.82) is 0 Å². The number of carbonyl (C=O) groups excluding carboxylic acids is 1. The minimum atomic E-state index is -0.256. The zero-order valence-electron chi connectivity index (χ0n) is 10.6. The quantitative estimate of drug-likeness (QED) is 0.753. The number of nitrogens with zero attached hydrogens (tertiary/aromatic N) is 3. The lowest BCUT2D eigenvalue weighted by Gasteiger charge is -2.04. The molecule has 7 heteroatoms. The Bertz CT molecular complexity index is 784. The van der Waals surface area contributed by atoms with Gasteiger partial charge < -0.3 is 5.73 Å². The van der Waals surface area contributed by atoms with Crippen molar-refractivity contribution in [3.8, 4) is 0 Å². The number of hydrogen-bond acceptors (Lipinski definition) is 6. The third-order valence-corrected chi connectivity index (χ3v) is 3.59. The second-order valence-electron chi connectivity index (χ2n) is 4.22. The number of amides is 1. The number of benzene rings is 1. The fraction of sp³-hybridized carbons (Fsp3) is 0.0769. The van der Waals surface area contributed by atoms with Crippen LogP contribution in [0.25, 0.3) is 10.2 Å². The number of nitrogens with two attached hydrogens (primary N) is 1. The first kappa shape index (κ1) is 12.5. The second-order valence-corrected chi connectivity index (χ2v) is 5.28. The Morgan fingerprint density at radius 2 is 2.05 bits per heavy atom. The van der Waals surface area contributed by atoms with Gasteiger partial charge >= 0.3 is 0 Å². The van der Waals surface area contributed by atoms with Crippen LogP contribution in [0, 0.1) is 6.92 Å². The standard InChI is InChI=1S/C13H11N5OS/c1-7-5-8(6-9-10(7)17-12(14)20-9)11(19)18-13-15-3-2-4-16-13/h2-6H,1H3,(H2,14,17)(H,15,16,18,19). The van der Waals surface area contributed by atoms with E-state index in [2.05, 4.69) is 20.3 Å². The van der Waals surface area contributed by atoms with Crippen LogP contribution in [0.1, 0.15) is 15.9 Å². The molecule has 2 aromatic heterocycles. The number of rotatable bonds is 2. The molecule has 6 nitrogen and oxygen atoms in total. The largest absolute Gasteiger partial charge is 0.375 e. The molecular formula is C13H11N5OS. The highest BCUT2D eigenvalue weighted by Gasteiger charge is 2.12. The predicted octanol–water partition coefficient (Wildman–Crippen LogP) is 2.23. The van der Waals surface area contributed by atoms with Crippen LogP contribution >= 0.6 is 11.3 Å². The van der Waals surface area contributed by atoms with E-state index in [-0.39, 0.29) is 11.9 Å². The molecule has 0 aliphatic rings. The maximum Gasteiger partial charge on any atom is 0.258 e. The topological polar surface area (TPSA) is 93.8 Å². The highest BCUT2D eigenvalue weighted by molar-refractivity contribution is 7.22. The molecule has 3 N–H and O–H groups in total. The molecule has 0 saturated heterocycles. The van der Waals surface area contributed by atoms with E-state index in [0.29, 0.717) is 10.7 Å². The Kier molecular flexibility index (Phi) is 3.03. The molecule has 0 aliphatic heterocycles. The number of hydrogen-bond donors (Lipinski definition) is 2. The monoisotopic (exact) mass is 285 g/mol. The lowest BCUT2D eigenvalue weighted by atomic mass is 10.1. The molecule has 1 aromatic carbocycles. The fourth-order valence-corrected chi connectivity index (χ4v) is 2.73. The smallest absolute Gasteiger partial charge is 0.258 e. The number of carbonyl (C=O) groups is 1. The lowest BCUT2D eigenvalue weighted by molar-refractivity contribution is 0.102. The molecule has 0 fully saturated rings. The normalized spacial score (nSPS) is 10.7. The average molecular weight is 285 g/mol. The molecule has 0 spiro atoms. The minimum absolute atomic E-state index is 0.256. The molecule has 0 radical (unpaired) electrons. The van der Waals surface area contributed by atoms with E-state index < -0.39 is 0 Å². The van der Waals surface area contributed by atoms with E-state index in [1.165, 1.54) is 11.3 Å². The van der Waals surface area contributed by atoms with Gasteiger partial charge in [-0.15, -0.1) is 0 Å². The third-order valence-electron chi connectivity index (χ3n) is 2.76. The van der Waals surface area contributed by atoms with Gasteiger partial charge in [-0.05, 0) is 30.7 Å². The van der Waals surface area contributed by atoms with Crippen LogP contribution in [0.15, 0.2) is 30.6 Å². The Hall–Kier alpha value is -2.54. The number of nitrogen functional groups attached to an aromatic ring is 1. The van der Waals surface area contributed by atoms with Crippen LogP contribution in [0.4, 0.5) is 11.1 Å². The molecule has 3 rings (SSSR count). The molecule has 0 bridgehead atoms. The first-order chi connectivity index (χ1) is 9.63. The van der Waals surface area contributed by atoms with Crippen LogP contribution in [0.3, 0.4) is 0 Å². The van der Waals surface area contributed by atoms with E-state index >= 15 is 0 Å². The highest BCUT2D eigenvalue weighted by atomic mass is 32.1. The number of anilines is 2. The first-order valence-corrected chi connectivity index (χ1v) is 6.70. The zero-order chi connectivity index (χ0) is 14.1. The molecule has 100 valence electrons. The highest BCUT2D eigenvalue weighted by Crippen LogP contribution is 2.27. The van der Waals surface area contributed by atoms with Gasteiger partial charge in [-0.2, -0.15) is 0 Å². The van der Waals surface area contributed by atoms with Crippen LogP contribution in [-0.2, 0) is 0 Å². The summed E-state index contributed by atoms with van der Waals surface area (Å²) in [5, 5.41) is 3.14. The number of fused-ring (bicyclic) bond motifs is 1. The van der Waals surface area contributed by atoms with Crippen molar-refractivity contribution in [3.63, 3.8) is 0 Å². The number of thiazole rings is 1. The van der Waals surface area contributed by atoms with Gasteiger partial charge in [-0.3, -0.25) is 10.1 Å². The van der Waals surface area contributed by atoms with Crippen LogP contribution in [-0.4, -0.2) is 20.9 Å². The molecule has 0 aliphatic carbocycles. The van der Waals surface area contributed by atoms with Crippen LogP contribution < -0.4 is 11.1 Å². The van der Waals surface area contributed by atoms with Crippen molar-refractivity contribution in [3.05, 3.63) is 41.7 Å². The van der Waals surface area contributed by atoms with Crippen LogP contribution in [0.2, 0.25) is 0 Å². The average Bonchev–Trinajstić information content (AvgIpc) is 2.81. The Morgan fingerprint density at radius 3 is 2.80 bits per heavy atom. The zero-order valence-corrected chi connectivity index (χ0v) is 11.4. The number of aryl methyl sites for hydroxylation is 1. The summed E-state index contributed by atoms with van der Waals surface area (Å²) in [5.74, 6) is 0.0206. The van der Waals surface area contributed by atoms with E-state index in [9.17, 15) is 4.79 Å². The number of nitrogens with one attached hydrogen (secondary N) is 1. The van der Waals surface area contributed by atoms with E-state index in [1.54, 1.807) is 30.6 Å². The maximum atomic E-state index is 12.2. The molecule has 3 aromatic rings. The van der Waals surface area contributed by atoms with E-state index in [4.69, 9.17) is 5.73 Å². The first-order valence-electron chi connectivity index (χ1n) is 5.88. The van der Waals surface area contributed by atoms with Gasteiger partial charge in [0, 0.05) is 18.0 Å². The van der Waals surface area contributed by atoms with Gasteiger partial charge in [0.15, 0.2) is 5.13 Å². The lowest BCUT2D eigenvalue weighted by Crippen LogP contribution is -2.14. The van der Waals surface area contributed by atoms with Gasteiger partial charge in [-0.25, -0.2) is 15.0 Å². The van der Waals surface area contributed by atoms with E-state index in [1.807, 2.05) is 6.92 Å². The molecule has 0 saturated carbocycles. The fourth-order valence-electron chi connectivity index (χ4n) is 1.88. The van der Waals surface area contributed by atoms with Crippen molar-refractivity contribution in [2.75, 3.05) is 11.1 Å². The number of aromatic nitrogens is 3. The maximum absolute atomic E-state index is 12.2. The summed E-state index contributed by atoms with van der Waals surface area (Å²) in [4.78, 5) is 24.3. The Labute approximate surface area is 118 Å². The minimum Gasteiger partial charge on any atom is -0.375 e. The summed E-state index contributed by atoms with van der Waals surface area (Å²) in [5.41, 5.74) is 7.97.